The molecule has 254 valence electrons. The molecule has 3 unspecified atom stereocenters. The standard InChI is InChI=1S/C18H31NO2S.C16H14ClF2NO4/c1-6-9-16(19-21-7-2)18-13(4)10-15(12-17(18)20)11-14(5)22-8-3;1-9(15(21)22)23-11-3-5-12(6-4-11)24-14-13(17)7-10(8-20-14)16(2,18)19/h14-15,19H,4,6-12H2,1-3,5H3;3-9H,1-2H3,(H,21,22)/b18-16-;. The number of rotatable bonds is 15. The van der Waals surface area contributed by atoms with Crippen molar-refractivity contribution in [1.82, 2.24) is 10.5 Å². The molecule has 2 aromatic rings. The van der Waals surface area contributed by atoms with Crippen LogP contribution in [0.2, 0.25) is 5.02 Å². The van der Waals surface area contributed by atoms with E-state index in [1.54, 1.807) is 0 Å². The summed E-state index contributed by atoms with van der Waals surface area (Å²) in [6.45, 7) is 15.4. The van der Waals surface area contributed by atoms with Crippen LogP contribution in [0.25, 0.3) is 0 Å². The molecule has 1 aromatic heterocycles. The van der Waals surface area contributed by atoms with Gasteiger partial charge < -0.3 is 14.6 Å². The van der Waals surface area contributed by atoms with Crippen molar-refractivity contribution < 1.29 is 37.8 Å². The number of carboxylic acid groups (broad SMARTS) is 1. The maximum absolute atomic E-state index is 13.2. The molecule has 0 bridgehead atoms. The third-order valence-corrected chi connectivity index (χ3v) is 8.28. The molecule has 1 saturated carbocycles. The van der Waals surface area contributed by atoms with Crippen LogP contribution in [0, 0.1) is 5.92 Å². The number of carbonyl (C=O) groups is 2. The third kappa shape index (κ3) is 12.6. The Balaban J connectivity index is 0.000000322. The van der Waals surface area contributed by atoms with Crippen molar-refractivity contribution in [2.24, 2.45) is 5.92 Å². The van der Waals surface area contributed by atoms with Crippen LogP contribution in [0.5, 0.6) is 17.4 Å². The minimum atomic E-state index is -3.05. The number of nitrogens with one attached hydrogen (secondary N) is 1. The molecular formula is C34H45ClF2N2O6S. The van der Waals surface area contributed by atoms with E-state index in [4.69, 9.17) is 31.0 Å². The van der Waals surface area contributed by atoms with Gasteiger partial charge in [0.05, 0.1) is 6.61 Å². The third-order valence-electron chi connectivity index (χ3n) is 6.91. The molecule has 1 aliphatic rings. The molecule has 8 nitrogen and oxygen atoms in total. The Bertz CT molecular complexity index is 1330. The monoisotopic (exact) mass is 682 g/mol. The number of benzene rings is 1. The SMILES string of the molecule is C=C1CC(CC(C)SCC)CC(=O)/C1=C(/CCC)NOCC.CC(Oc1ccc(Oc2ncc(C(C)(F)F)cc2Cl)cc1)C(=O)O. The van der Waals surface area contributed by atoms with Gasteiger partial charge in [-0.15, -0.1) is 0 Å². The molecular weight excluding hydrogens is 638 g/mol. The number of Topliss-reactive ketones (excluding diaryl/α,β-unsaturated/α-hetero) is 1. The van der Waals surface area contributed by atoms with Crippen LogP contribution in [0.4, 0.5) is 8.78 Å². The summed E-state index contributed by atoms with van der Waals surface area (Å²) in [5.41, 5.74) is 5.34. The van der Waals surface area contributed by atoms with E-state index in [1.807, 2.05) is 18.7 Å². The second kappa shape index (κ2) is 18.9. The highest BCUT2D eigenvalue weighted by Crippen LogP contribution is 2.36. The van der Waals surface area contributed by atoms with E-state index in [-0.39, 0.29) is 22.2 Å². The Kier molecular flexibility index (Phi) is 16.0. The van der Waals surface area contributed by atoms with Crippen LogP contribution in [0.1, 0.15) is 79.2 Å². The molecule has 2 N–H and O–H groups in total. The first-order valence-electron chi connectivity index (χ1n) is 15.3. The highest BCUT2D eigenvalue weighted by Gasteiger charge is 2.30. The molecule has 1 aliphatic carbocycles. The van der Waals surface area contributed by atoms with Gasteiger partial charge in [-0.2, -0.15) is 11.8 Å². The molecule has 0 spiro atoms. The Morgan fingerprint density at radius 2 is 1.85 bits per heavy atom. The molecule has 1 heterocycles. The zero-order chi connectivity index (χ0) is 34.4. The van der Waals surface area contributed by atoms with Crippen LogP contribution < -0.4 is 15.0 Å². The number of thioether (sulfide) groups is 1. The lowest BCUT2D eigenvalue weighted by molar-refractivity contribution is -0.144. The molecule has 3 rings (SSSR count). The summed E-state index contributed by atoms with van der Waals surface area (Å²) in [6, 6.07) is 7.15. The Morgan fingerprint density at radius 3 is 2.37 bits per heavy atom. The van der Waals surface area contributed by atoms with Crippen molar-refractivity contribution in [2.45, 2.75) is 90.9 Å². The highest BCUT2D eigenvalue weighted by molar-refractivity contribution is 7.99. The number of aromatic nitrogens is 1. The van der Waals surface area contributed by atoms with Gasteiger partial charge in [0.2, 0.25) is 5.88 Å². The molecule has 0 saturated heterocycles. The lowest BCUT2D eigenvalue weighted by Crippen LogP contribution is -2.26. The van der Waals surface area contributed by atoms with Crippen molar-refractivity contribution in [1.29, 1.82) is 0 Å². The second-order valence-electron chi connectivity index (χ2n) is 11.0. The van der Waals surface area contributed by atoms with E-state index < -0.39 is 18.0 Å². The normalized spacial score (nSPS) is 17.4. The number of allylic oxidation sites excluding steroid dienone is 3. The summed E-state index contributed by atoms with van der Waals surface area (Å²) in [5, 5.41) is 9.34. The largest absolute Gasteiger partial charge is 0.479 e. The van der Waals surface area contributed by atoms with E-state index >= 15 is 0 Å². The molecule has 1 fully saturated rings. The number of alkyl halides is 2. The van der Waals surface area contributed by atoms with Crippen molar-refractivity contribution in [2.75, 3.05) is 12.4 Å². The Morgan fingerprint density at radius 1 is 1.20 bits per heavy atom. The van der Waals surface area contributed by atoms with Gasteiger partial charge in [-0.1, -0.05) is 45.4 Å². The number of nitrogens with zero attached hydrogens (tertiary/aromatic N) is 1. The first-order chi connectivity index (χ1) is 21.7. The predicted molar refractivity (Wildman–Crippen MR) is 179 cm³/mol. The van der Waals surface area contributed by atoms with Crippen LogP contribution >= 0.6 is 23.4 Å². The molecule has 0 aliphatic heterocycles. The van der Waals surface area contributed by atoms with Gasteiger partial charge in [-0.3, -0.25) is 15.1 Å². The average molecular weight is 683 g/mol. The maximum Gasteiger partial charge on any atom is 0.344 e. The number of ketones is 1. The van der Waals surface area contributed by atoms with Gasteiger partial charge in [0.1, 0.15) is 16.5 Å². The fourth-order valence-electron chi connectivity index (χ4n) is 4.78. The van der Waals surface area contributed by atoms with Crippen LogP contribution in [0.15, 0.2) is 60.0 Å². The summed E-state index contributed by atoms with van der Waals surface area (Å²) in [5.74, 6) is -1.66. The van der Waals surface area contributed by atoms with Crippen LogP contribution in [-0.4, -0.2) is 45.6 Å². The molecule has 46 heavy (non-hydrogen) atoms. The van der Waals surface area contributed by atoms with Gasteiger partial charge in [0, 0.05) is 41.6 Å². The number of halogens is 3. The van der Waals surface area contributed by atoms with Gasteiger partial charge in [-0.05, 0) is 80.7 Å². The number of pyridine rings is 1. The molecule has 1 aromatic carbocycles. The van der Waals surface area contributed by atoms with E-state index in [9.17, 15) is 18.4 Å². The molecule has 3 atom stereocenters. The molecule has 0 radical (unpaired) electrons. The fraction of sp³-hybridized carbons (Fsp3) is 0.500. The van der Waals surface area contributed by atoms with E-state index in [2.05, 4.69) is 37.8 Å². The summed E-state index contributed by atoms with van der Waals surface area (Å²) in [6.07, 6.45) is 4.47. The number of ether oxygens (including phenoxy) is 2. The first-order valence-corrected chi connectivity index (χ1v) is 16.8. The average Bonchev–Trinajstić information content (AvgIpc) is 2.97. The van der Waals surface area contributed by atoms with Crippen LogP contribution in [0.3, 0.4) is 0 Å². The fourth-order valence-corrected chi connectivity index (χ4v) is 5.97. The summed E-state index contributed by atoms with van der Waals surface area (Å²) in [4.78, 5) is 32.4. The molecule has 0 amide bonds. The van der Waals surface area contributed by atoms with Crippen molar-refractivity contribution in [3.63, 3.8) is 0 Å². The van der Waals surface area contributed by atoms with Crippen molar-refractivity contribution in [3.8, 4) is 17.4 Å². The van der Waals surface area contributed by atoms with Gasteiger partial charge in [0.25, 0.3) is 5.92 Å². The topological polar surface area (TPSA) is 107 Å². The quantitative estimate of drug-likeness (QED) is 0.140. The lowest BCUT2D eigenvalue weighted by Gasteiger charge is -2.28. The minimum absolute atomic E-state index is 0.0164. The van der Waals surface area contributed by atoms with E-state index in [1.165, 1.54) is 31.2 Å². The summed E-state index contributed by atoms with van der Waals surface area (Å²) >= 11 is 7.88. The Labute approximate surface area is 279 Å². The summed E-state index contributed by atoms with van der Waals surface area (Å²) in [7, 11) is 0. The predicted octanol–water partition coefficient (Wildman–Crippen LogP) is 9.14. The Hall–Kier alpha value is -3.15. The maximum atomic E-state index is 13.2. The van der Waals surface area contributed by atoms with Gasteiger partial charge >= 0.3 is 5.97 Å². The number of hydrogen-bond donors (Lipinski definition) is 2. The van der Waals surface area contributed by atoms with E-state index in [0.717, 1.165) is 67.5 Å². The number of hydrogen-bond acceptors (Lipinski definition) is 8. The lowest BCUT2D eigenvalue weighted by atomic mass is 9.78. The van der Waals surface area contributed by atoms with Crippen molar-refractivity contribution >= 4 is 35.1 Å². The second-order valence-corrected chi connectivity index (χ2v) is 13.1. The smallest absolute Gasteiger partial charge is 0.344 e. The highest BCUT2D eigenvalue weighted by atomic mass is 35.5. The van der Waals surface area contributed by atoms with Gasteiger partial charge in [-0.25, -0.2) is 18.6 Å². The number of hydroxylamine groups is 1. The van der Waals surface area contributed by atoms with E-state index in [0.29, 0.717) is 35.7 Å². The summed E-state index contributed by atoms with van der Waals surface area (Å²) < 4.78 is 37.0. The number of carboxylic acids is 1. The molecule has 12 heteroatoms. The zero-order valence-electron chi connectivity index (χ0n) is 27.3. The number of carbonyl (C=O) groups excluding carboxylic acids is 1. The first kappa shape index (κ1) is 39.0. The zero-order valence-corrected chi connectivity index (χ0v) is 28.9. The van der Waals surface area contributed by atoms with Crippen molar-refractivity contribution in [3.05, 3.63) is 70.5 Å². The minimum Gasteiger partial charge on any atom is -0.479 e. The number of aliphatic carboxylic acids is 1. The van der Waals surface area contributed by atoms with Gasteiger partial charge in [0.15, 0.2) is 11.9 Å². The van der Waals surface area contributed by atoms with Crippen LogP contribution in [-0.2, 0) is 20.3 Å².